The number of rotatable bonds is 5. The number of hydrogen-bond acceptors (Lipinski definition) is 4. The van der Waals surface area contributed by atoms with Crippen molar-refractivity contribution in [2.45, 2.75) is 58.1 Å². The molecule has 1 aliphatic rings. The average Bonchev–Trinajstić information content (AvgIpc) is 3.07. The van der Waals surface area contributed by atoms with E-state index in [0.717, 1.165) is 16.6 Å². The van der Waals surface area contributed by atoms with Gasteiger partial charge < -0.3 is 9.73 Å². The molecule has 2 N–H and O–H groups in total. The van der Waals surface area contributed by atoms with Crippen molar-refractivity contribution in [1.29, 1.82) is 0 Å². The molecule has 1 aromatic carbocycles. The van der Waals surface area contributed by atoms with E-state index in [4.69, 9.17) is 4.42 Å². The largest absolute Gasteiger partial charge is 0.460 e. The van der Waals surface area contributed by atoms with Crippen LogP contribution in [0.25, 0.3) is 0 Å². The summed E-state index contributed by atoms with van der Waals surface area (Å²) in [5.41, 5.74) is 3.72. The first-order valence-corrected chi connectivity index (χ1v) is 10.3. The molecule has 0 bridgehead atoms. The average molecular weight is 507 g/mol. The minimum atomic E-state index is -6.65. The minimum Gasteiger partial charge on any atom is -0.455 e. The molecule has 0 unspecified atom stereocenters. The number of nitrogens with zero attached hydrogens (tertiary/aromatic N) is 1. The van der Waals surface area contributed by atoms with Crippen molar-refractivity contribution in [3.8, 4) is 0 Å². The Balaban J connectivity index is 1.86. The first-order valence-electron chi connectivity index (χ1n) is 10.3. The number of amides is 2. The Bertz CT molecular complexity index is 1180. The molecule has 13 heteroatoms. The summed E-state index contributed by atoms with van der Waals surface area (Å²) in [6.45, 7) is 5.14. The fourth-order valence-corrected chi connectivity index (χ4v) is 3.74. The predicted octanol–water partition coefficient (Wildman–Crippen LogP) is 5.45. The lowest BCUT2D eigenvalue weighted by molar-refractivity contribution is -0.344. The van der Waals surface area contributed by atoms with Gasteiger partial charge in [-0.25, -0.2) is 5.43 Å². The van der Waals surface area contributed by atoms with Crippen LogP contribution in [0.1, 0.15) is 51.4 Å². The van der Waals surface area contributed by atoms with E-state index in [1.807, 2.05) is 19.9 Å². The summed E-state index contributed by atoms with van der Waals surface area (Å²) in [4.78, 5) is 24.3. The first-order chi connectivity index (χ1) is 16.1. The minimum absolute atomic E-state index is 0.0625. The maximum Gasteiger partial charge on any atom is 0.460 e. The molecule has 0 atom stereocenters. The van der Waals surface area contributed by atoms with E-state index in [-0.39, 0.29) is 34.8 Å². The number of alkyl halides is 7. The smallest absolute Gasteiger partial charge is 0.455 e. The van der Waals surface area contributed by atoms with E-state index in [9.17, 15) is 40.3 Å². The van der Waals surface area contributed by atoms with E-state index in [1.54, 1.807) is 12.1 Å². The molecule has 0 spiro atoms. The molecule has 1 heterocycles. The predicted molar refractivity (Wildman–Crippen MR) is 111 cm³/mol. The molecule has 3 rings (SSSR count). The van der Waals surface area contributed by atoms with Gasteiger partial charge in [0.1, 0.15) is 5.76 Å². The third-order valence-electron chi connectivity index (χ3n) is 5.34. The lowest BCUT2D eigenvalue weighted by Gasteiger charge is -2.26. The van der Waals surface area contributed by atoms with Gasteiger partial charge in [-0.05, 0) is 56.9 Å². The second-order valence-corrected chi connectivity index (χ2v) is 8.18. The summed E-state index contributed by atoms with van der Waals surface area (Å²) in [7, 11) is 0. The van der Waals surface area contributed by atoms with E-state index in [0.29, 0.717) is 18.5 Å². The number of halogens is 7. The van der Waals surface area contributed by atoms with Gasteiger partial charge in [0.05, 0.1) is 5.71 Å². The third kappa shape index (κ3) is 4.89. The molecular weight excluding hydrogens is 487 g/mol. The van der Waals surface area contributed by atoms with Crippen molar-refractivity contribution in [2.75, 3.05) is 5.32 Å². The monoisotopic (exact) mass is 507 g/mol. The van der Waals surface area contributed by atoms with Gasteiger partial charge in [-0.2, -0.15) is 35.8 Å². The van der Waals surface area contributed by atoms with Gasteiger partial charge in [0.15, 0.2) is 5.76 Å². The molecule has 6 nitrogen and oxygen atoms in total. The number of furan rings is 1. The van der Waals surface area contributed by atoms with Crippen molar-refractivity contribution >= 4 is 23.2 Å². The Labute approximate surface area is 194 Å². The Morgan fingerprint density at radius 3 is 2.11 bits per heavy atom. The quantitative estimate of drug-likeness (QED) is 0.417. The highest BCUT2D eigenvalue weighted by Gasteiger charge is 2.76. The first kappa shape index (κ1) is 26.2. The van der Waals surface area contributed by atoms with Gasteiger partial charge in [0, 0.05) is 23.2 Å². The van der Waals surface area contributed by atoms with Crippen LogP contribution in [0.5, 0.6) is 0 Å². The maximum atomic E-state index is 13.6. The maximum absolute atomic E-state index is 13.6. The van der Waals surface area contributed by atoms with Crippen molar-refractivity contribution in [3.63, 3.8) is 0 Å². The number of nitrogens with one attached hydrogen (secondary N) is 2. The van der Waals surface area contributed by atoms with Crippen LogP contribution < -0.4 is 10.7 Å². The van der Waals surface area contributed by atoms with Gasteiger partial charge in [-0.15, -0.1) is 0 Å². The van der Waals surface area contributed by atoms with Crippen molar-refractivity contribution in [1.82, 2.24) is 5.43 Å². The van der Waals surface area contributed by atoms with Gasteiger partial charge in [0.25, 0.3) is 5.91 Å². The highest BCUT2D eigenvalue weighted by Crippen LogP contribution is 2.46. The number of carbonyl (C=O) groups excluding carboxylic acids is 2. The summed E-state index contributed by atoms with van der Waals surface area (Å²) < 4.78 is 95.9. The van der Waals surface area contributed by atoms with Crippen molar-refractivity contribution in [3.05, 3.63) is 52.0 Å². The summed E-state index contributed by atoms with van der Waals surface area (Å²) in [5.74, 6) is -16.1. The van der Waals surface area contributed by atoms with Crippen LogP contribution in [0.15, 0.2) is 27.7 Å². The molecule has 35 heavy (non-hydrogen) atoms. The Morgan fingerprint density at radius 1 is 0.943 bits per heavy atom. The topological polar surface area (TPSA) is 83.7 Å². The van der Waals surface area contributed by atoms with Crippen LogP contribution >= 0.6 is 0 Å². The number of hydrazone groups is 1. The Morgan fingerprint density at radius 2 is 1.54 bits per heavy atom. The number of aryl methyl sites for hydroxylation is 3. The summed E-state index contributed by atoms with van der Waals surface area (Å²) >= 11 is 0. The molecule has 0 saturated heterocycles. The van der Waals surface area contributed by atoms with E-state index < -0.39 is 29.8 Å². The van der Waals surface area contributed by atoms with Gasteiger partial charge in [0.2, 0.25) is 0 Å². The standard InChI is InChI=1S/C22H20F7N3O3/c1-10-7-11(2)9-13(8-10)30-18(33)17-12(3)16-14(5-4-6-15(16)35-17)31-32-19(34)20(23,24)21(25,26)22(27,28)29/h7-9H,4-6H2,1-3H3,(H,30,33)(H,32,34)/b31-14+. The van der Waals surface area contributed by atoms with Crippen LogP contribution in [-0.4, -0.2) is 35.5 Å². The molecule has 2 amide bonds. The van der Waals surface area contributed by atoms with Crippen LogP contribution in [0.4, 0.5) is 36.4 Å². The van der Waals surface area contributed by atoms with Crippen molar-refractivity contribution in [2.24, 2.45) is 5.10 Å². The van der Waals surface area contributed by atoms with E-state index >= 15 is 0 Å². The second kappa shape index (κ2) is 9.00. The zero-order chi connectivity index (χ0) is 26.3. The number of hydrogen-bond donors (Lipinski definition) is 2. The molecule has 190 valence electrons. The summed E-state index contributed by atoms with van der Waals surface area (Å²) in [6.07, 6.45) is -5.94. The lowest BCUT2D eigenvalue weighted by Crippen LogP contribution is -2.58. The molecular formula is C22H20F7N3O3. The van der Waals surface area contributed by atoms with E-state index in [2.05, 4.69) is 10.4 Å². The molecule has 0 aliphatic heterocycles. The SMILES string of the molecule is Cc1cc(C)cc(NC(=O)c2oc3c(c2C)/C(=N/NC(=O)C(F)(F)C(F)(F)C(F)(F)F)CCC3)c1. The molecule has 1 aliphatic carbocycles. The van der Waals surface area contributed by atoms with Crippen LogP contribution in [0.3, 0.4) is 0 Å². The normalized spacial score (nSPS) is 15.7. The molecule has 1 aromatic heterocycles. The summed E-state index contributed by atoms with van der Waals surface area (Å²) in [5, 5.41) is 6.05. The number of fused-ring (bicyclic) bond motifs is 1. The molecule has 0 radical (unpaired) electrons. The number of benzene rings is 1. The highest BCUT2D eigenvalue weighted by atomic mass is 19.4. The summed E-state index contributed by atoms with van der Waals surface area (Å²) in [6, 6.07) is 5.35. The number of anilines is 1. The lowest BCUT2D eigenvalue weighted by atomic mass is 9.93. The Kier molecular flexibility index (Phi) is 6.75. The fraction of sp³-hybridized carbons (Fsp3) is 0.409. The van der Waals surface area contributed by atoms with E-state index in [1.165, 1.54) is 6.92 Å². The zero-order valence-electron chi connectivity index (χ0n) is 18.7. The molecule has 0 fully saturated rings. The van der Waals surface area contributed by atoms with Gasteiger partial charge in [-0.1, -0.05) is 6.07 Å². The third-order valence-corrected chi connectivity index (χ3v) is 5.34. The van der Waals surface area contributed by atoms with Crippen LogP contribution in [0, 0.1) is 20.8 Å². The van der Waals surface area contributed by atoms with Gasteiger partial charge in [-0.3, -0.25) is 9.59 Å². The molecule has 2 aromatic rings. The van der Waals surface area contributed by atoms with Crippen LogP contribution in [-0.2, 0) is 11.2 Å². The second-order valence-electron chi connectivity index (χ2n) is 8.18. The van der Waals surface area contributed by atoms with Gasteiger partial charge >= 0.3 is 23.9 Å². The zero-order valence-corrected chi connectivity index (χ0v) is 18.7. The van der Waals surface area contributed by atoms with Crippen molar-refractivity contribution < 1.29 is 44.7 Å². The number of carbonyl (C=O) groups is 2. The highest BCUT2D eigenvalue weighted by molar-refractivity contribution is 6.09. The van der Waals surface area contributed by atoms with Crippen LogP contribution in [0.2, 0.25) is 0 Å². The Hall–Kier alpha value is -3.38. The fourth-order valence-electron chi connectivity index (χ4n) is 3.74. The molecule has 0 saturated carbocycles.